The van der Waals surface area contributed by atoms with Crippen molar-refractivity contribution >= 4 is 5.91 Å². The highest BCUT2D eigenvalue weighted by Gasteiger charge is 2.30. The van der Waals surface area contributed by atoms with Crippen LogP contribution in [0.15, 0.2) is 48.5 Å². The number of aryl methyl sites for hydroxylation is 1. The quantitative estimate of drug-likeness (QED) is 0.856. The lowest BCUT2D eigenvalue weighted by molar-refractivity contribution is -0.136. The van der Waals surface area contributed by atoms with Crippen LogP contribution in [0.3, 0.4) is 0 Å². The summed E-state index contributed by atoms with van der Waals surface area (Å²) in [5.74, 6) is 0.373. The van der Waals surface area contributed by atoms with E-state index >= 15 is 0 Å². The van der Waals surface area contributed by atoms with Crippen molar-refractivity contribution < 1.29 is 13.9 Å². The van der Waals surface area contributed by atoms with E-state index in [1.807, 2.05) is 44.3 Å². The maximum absolute atomic E-state index is 14.1. The zero-order valence-electron chi connectivity index (χ0n) is 14.6. The zero-order chi connectivity index (χ0) is 17.8. The summed E-state index contributed by atoms with van der Waals surface area (Å²) >= 11 is 0. The smallest absolute Gasteiger partial charge is 0.260 e. The van der Waals surface area contributed by atoms with Gasteiger partial charge in [0.05, 0.1) is 6.04 Å². The number of carbonyl (C=O) groups is 1. The number of benzene rings is 2. The molecule has 1 aliphatic rings. The summed E-state index contributed by atoms with van der Waals surface area (Å²) in [5, 5.41) is 0. The number of hydrogen-bond acceptors (Lipinski definition) is 3. The van der Waals surface area contributed by atoms with Crippen LogP contribution in [0.1, 0.15) is 17.2 Å². The number of amides is 1. The fourth-order valence-electron chi connectivity index (χ4n) is 3.05. The Morgan fingerprint density at radius 1 is 1.16 bits per heavy atom. The molecule has 0 spiro atoms. The normalized spacial score (nSPS) is 18.2. The molecule has 0 aromatic heterocycles. The Morgan fingerprint density at radius 3 is 2.60 bits per heavy atom. The molecule has 0 N–H and O–H groups in total. The van der Waals surface area contributed by atoms with Crippen molar-refractivity contribution in [3.8, 4) is 5.75 Å². The van der Waals surface area contributed by atoms with E-state index < -0.39 is 0 Å². The summed E-state index contributed by atoms with van der Waals surface area (Å²) < 4.78 is 19.7. The Bertz CT molecular complexity index is 733. The molecule has 0 saturated carbocycles. The van der Waals surface area contributed by atoms with Gasteiger partial charge < -0.3 is 9.64 Å². The molecule has 1 unspecified atom stereocenters. The monoisotopic (exact) mass is 342 g/mol. The van der Waals surface area contributed by atoms with Crippen molar-refractivity contribution in [2.45, 2.75) is 13.0 Å². The molecule has 5 heteroatoms. The second-order valence-electron chi connectivity index (χ2n) is 6.46. The van der Waals surface area contributed by atoms with Gasteiger partial charge in [-0.15, -0.1) is 0 Å². The summed E-state index contributed by atoms with van der Waals surface area (Å²) in [6.07, 6.45) is 0. The second-order valence-corrected chi connectivity index (χ2v) is 6.46. The van der Waals surface area contributed by atoms with E-state index in [1.165, 1.54) is 6.07 Å². The molecule has 1 saturated heterocycles. The van der Waals surface area contributed by atoms with Crippen molar-refractivity contribution in [2.75, 3.05) is 33.3 Å². The van der Waals surface area contributed by atoms with Crippen LogP contribution >= 0.6 is 0 Å². The average Bonchev–Trinajstić information content (AvgIpc) is 2.62. The molecule has 1 heterocycles. The van der Waals surface area contributed by atoms with Gasteiger partial charge in [0.15, 0.2) is 6.61 Å². The van der Waals surface area contributed by atoms with Crippen LogP contribution in [0.25, 0.3) is 0 Å². The van der Waals surface area contributed by atoms with Crippen molar-refractivity contribution in [3.63, 3.8) is 0 Å². The van der Waals surface area contributed by atoms with Crippen LogP contribution in [0, 0.1) is 12.7 Å². The fourth-order valence-corrected chi connectivity index (χ4v) is 3.05. The molecular formula is C20H23FN2O2. The molecule has 1 fully saturated rings. The van der Waals surface area contributed by atoms with E-state index in [-0.39, 0.29) is 24.4 Å². The molecule has 1 amide bonds. The first-order valence-corrected chi connectivity index (χ1v) is 8.46. The summed E-state index contributed by atoms with van der Waals surface area (Å²) in [6.45, 7) is 3.79. The van der Waals surface area contributed by atoms with Gasteiger partial charge in [0.2, 0.25) is 0 Å². The molecule has 25 heavy (non-hydrogen) atoms. The van der Waals surface area contributed by atoms with Gasteiger partial charge in [-0.1, -0.05) is 35.9 Å². The molecule has 2 aromatic rings. The summed E-state index contributed by atoms with van der Waals surface area (Å²) in [4.78, 5) is 16.3. The first-order chi connectivity index (χ1) is 12.0. The number of carbonyl (C=O) groups excluding carboxylic acids is 1. The van der Waals surface area contributed by atoms with Crippen molar-refractivity contribution in [3.05, 3.63) is 65.5 Å². The lowest BCUT2D eigenvalue weighted by Crippen LogP contribution is -2.50. The van der Waals surface area contributed by atoms with Gasteiger partial charge in [0.1, 0.15) is 11.6 Å². The Kier molecular flexibility index (Phi) is 5.34. The number of piperazine rings is 1. The average molecular weight is 342 g/mol. The SMILES string of the molecule is Cc1ccc(OCC(=O)N2CCN(C)C(c3ccccc3F)C2)cc1. The van der Waals surface area contributed by atoms with Crippen LogP contribution in [-0.4, -0.2) is 49.0 Å². The Labute approximate surface area is 147 Å². The molecule has 3 rings (SSSR count). The summed E-state index contributed by atoms with van der Waals surface area (Å²) in [5.41, 5.74) is 1.77. The van der Waals surface area contributed by atoms with Crippen LogP contribution in [0.5, 0.6) is 5.75 Å². The third-order valence-electron chi connectivity index (χ3n) is 4.65. The van der Waals surface area contributed by atoms with E-state index in [2.05, 4.69) is 4.90 Å². The minimum atomic E-state index is -0.232. The molecular weight excluding hydrogens is 319 g/mol. The van der Waals surface area contributed by atoms with E-state index in [4.69, 9.17) is 4.74 Å². The maximum Gasteiger partial charge on any atom is 0.260 e. The van der Waals surface area contributed by atoms with Gasteiger partial charge in [0.25, 0.3) is 5.91 Å². The molecule has 4 nitrogen and oxygen atoms in total. The highest BCUT2D eigenvalue weighted by atomic mass is 19.1. The van der Waals surface area contributed by atoms with Gasteiger partial charge >= 0.3 is 0 Å². The largest absolute Gasteiger partial charge is 0.484 e. The standard InChI is InChI=1S/C20H23FN2O2/c1-15-7-9-16(10-8-15)25-14-20(24)23-12-11-22(2)19(13-23)17-5-3-4-6-18(17)21/h3-10,19H,11-14H2,1-2H3. The van der Waals surface area contributed by atoms with Gasteiger partial charge in [0, 0.05) is 25.2 Å². The molecule has 0 aliphatic carbocycles. The molecule has 0 bridgehead atoms. The minimum absolute atomic E-state index is 0.00321. The van der Waals surface area contributed by atoms with Crippen LogP contribution < -0.4 is 4.74 Å². The summed E-state index contributed by atoms with van der Waals surface area (Å²) in [6, 6.07) is 14.2. The lowest BCUT2D eigenvalue weighted by Gasteiger charge is -2.39. The van der Waals surface area contributed by atoms with E-state index in [9.17, 15) is 9.18 Å². The van der Waals surface area contributed by atoms with Crippen LogP contribution in [0.4, 0.5) is 4.39 Å². The Balaban J connectivity index is 1.63. The Morgan fingerprint density at radius 2 is 1.88 bits per heavy atom. The third kappa shape index (κ3) is 4.17. The van der Waals surface area contributed by atoms with E-state index in [1.54, 1.807) is 17.0 Å². The van der Waals surface area contributed by atoms with E-state index in [0.717, 1.165) is 5.56 Å². The predicted octanol–water partition coefficient (Wildman–Crippen LogP) is 3.03. The molecule has 2 aromatic carbocycles. The second kappa shape index (κ2) is 7.66. The fraction of sp³-hybridized carbons (Fsp3) is 0.350. The lowest BCUT2D eigenvalue weighted by atomic mass is 10.0. The molecule has 132 valence electrons. The van der Waals surface area contributed by atoms with Gasteiger partial charge in [-0.05, 0) is 32.2 Å². The maximum atomic E-state index is 14.1. The first kappa shape index (κ1) is 17.4. The topological polar surface area (TPSA) is 32.8 Å². The number of rotatable bonds is 4. The number of hydrogen-bond donors (Lipinski definition) is 0. The number of nitrogens with zero attached hydrogens (tertiary/aromatic N) is 2. The van der Waals surface area contributed by atoms with Gasteiger partial charge in [-0.25, -0.2) is 4.39 Å². The molecule has 1 aliphatic heterocycles. The third-order valence-corrected chi connectivity index (χ3v) is 4.65. The first-order valence-electron chi connectivity index (χ1n) is 8.46. The number of halogens is 1. The van der Waals surface area contributed by atoms with Crippen molar-refractivity contribution in [1.82, 2.24) is 9.80 Å². The van der Waals surface area contributed by atoms with Crippen LogP contribution in [-0.2, 0) is 4.79 Å². The molecule has 1 atom stereocenters. The van der Waals surface area contributed by atoms with Crippen molar-refractivity contribution in [2.24, 2.45) is 0 Å². The highest BCUT2D eigenvalue weighted by Crippen LogP contribution is 2.26. The Hall–Kier alpha value is -2.40. The van der Waals surface area contributed by atoms with E-state index in [0.29, 0.717) is 30.9 Å². The van der Waals surface area contributed by atoms with Gasteiger partial charge in [-0.3, -0.25) is 9.69 Å². The van der Waals surface area contributed by atoms with Crippen molar-refractivity contribution in [1.29, 1.82) is 0 Å². The summed E-state index contributed by atoms with van der Waals surface area (Å²) in [7, 11) is 1.96. The highest BCUT2D eigenvalue weighted by molar-refractivity contribution is 5.78. The van der Waals surface area contributed by atoms with Gasteiger partial charge in [-0.2, -0.15) is 0 Å². The number of likely N-dealkylation sites (N-methyl/N-ethyl adjacent to an activating group) is 1. The van der Waals surface area contributed by atoms with Crippen LogP contribution in [0.2, 0.25) is 0 Å². The molecule has 0 radical (unpaired) electrons. The predicted molar refractivity (Wildman–Crippen MR) is 95.0 cm³/mol. The number of ether oxygens (including phenoxy) is 1. The zero-order valence-corrected chi connectivity index (χ0v) is 14.6. The minimum Gasteiger partial charge on any atom is -0.484 e.